The van der Waals surface area contributed by atoms with Crippen LogP contribution < -0.4 is 15.5 Å². The Morgan fingerprint density at radius 1 is 0.919 bits per heavy atom. The van der Waals surface area contributed by atoms with Crippen molar-refractivity contribution in [2.24, 2.45) is 5.92 Å². The van der Waals surface area contributed by atoms with Gasteiger partial charge in [-0.2, -0.15) is 0 Å². The second-order valence-corrected chi connectivity index (χ2v) is 10.1. The number of anilines is 2. The molecule has 0 aromatic heterocycles. The summed E-state index contributed by atoms with van der Waals surface area (Å²) in [5.74, 6) is -0.600. The summed E-state index contributed by atoms with van der Waals surface area (Å²) >= 11 is 0. The molecule has 0 radical (unpaired) electrons. The van der Waals surface area contributed by atoms with Gasteiger partial charge in [0.15, 0.2) is 0 Å². The average Bonchev–Trinajstić information content (AvgIpc) is 2.84. The summed E-state index contributed by atoms with van der Waals surface area (Å²) in [5, 5.41) is 5.80. The molecule has 0 unspecified atom stereocenters. The molecule has 1 saturated heterocycles. The van der Waals surface area contributed by atoms with E-state index in [-0.39, 0.29) is 48.7 Å². The van der Waals surface area contributed by atoms with E-state index in [1.807, 2.05) is 56.9 Å². The molecule has 37 heavy (non-hydrogen) atoms. The Labute approximate surface area is 218 Å². The molecule has 2 aromatic carbocycles. The molecule has 0 saturated carbocycles. The fraction of sp³-hybridized carbons (Fsp3) is 0.464. The Bertz CT molecular complexity index is 1050. The first-order valence-corrected chi connectivity index (χ1v) is 12.8. The number of hydrogen-bond donors (Lipinski definition) is 2. The summed E-state index contributed by atoms with van der Waals surface area (Å²) in [5.41, 5.74) is 2.42. The fourth-order valence-electron chi connectivity index (χ4n) is 4.16. The molecular weight excluding hydrogens is 473 g/mol. The SMILES string of the molecule is CC(C)CC(=O)N(CC(=O)Nc1ccc(N2CCN(C(=O)NC(C)C)CC2)cc1)Cc1ccc(F)cc1. The van der Waals surface area contributed by atoms with Crippen molar-refractivity contribution in [3.8, 4) is 0 Å². The van der Waals surface area contributed by atoms with E-state index in [2.05, 4.69) is 15.5 Å². The molecule has 3 rings (SSSR count). The first-order chi connectivity index (χ1) is 17.6. The van der Waals surface area contributed by atoms with Gasteiger partial charge in [-0.3, -0.25) is 9.59 Å². The number of rotatable bonds is 9. The van der Waals surface area contributed by atoms with Crippen molar-refractivity contribution in [3.63, 3.8) is 0 Å². The van der Waals surface area contributed by atoms with Gasteiger partial charge in [-0.05, 0) is 61.7 Å². The minimum absolute atomic E-state index is 0.0342. The van der Waals surface area contributed by atoms with Crippen LogP contribution in [0.15, 0.2) is 48.5 Å². The lowest BCUT2D eigenvalue weighted by Crippen LogP contribution is -2.52. The molecule has 4 amide bonds. The van der Waals surface area contributed by atoms with Crippen molar-refractivity contribution in [1.29, 1.82) is 0 Å². The van der Waals surface area contributed by atoms with E-state index >= 15 is 0 Å². The lowest BCUT2D eigenvalue weighted by atomic mass is 10.1. The Hall–Kier alpha value is -3.62. The number of nitrogens with one attached hydrogen (secondary N) is 2. The number of halogens is 1. The zero-order valence-corrected chi connectivity index (χ0v) is 22.2. The van der Waals surface area contributed by atoms with Crippen LogP contribution in [0.2, 0.25) is 0 Å². The lowest BCUT2D eigenvalue weighted by Gasteiger charge is -2.36. The predicted octanol–water partition coefficient (Wildman–Crippen LogP) is 4.08. The van der Waals surface area contributed by atoms with Gasteiger partial charge in [-0.25, -0.2) is 9.18 Å². The van der Waals surface area contributed by atoms with Gasteiger partial charge < -0.3 is 25.3 Å². The van der Waals surface area contributed by atoms with Crippen molar-refractivity contribution in [2.45, 2.75) is 46.7 Å². The van der Waals surface area contributed by atoms with E-state index < -0.39 is 0 Å². The van der Waals surface area contributed by atoms with Crippen LogP contribution in [0.3, 0.4) is 0 Å². The van der Waals surface area contributed by atoms with Crippen molar-refractivity contribution >= 4 is 29.2 Å². The summed E-state index contributed by atoms with van der Waals surface area (Å²) < 4.78 is 13.3. The zero-order valence-electron chi connectivity index (χ0n) is 22.2. The van der Waals surface area contributed by atoms with E-state index in [1.54, 1.807) is 12.1 Å². The van der Waals surface area contributed by atoms with E-state index in [4.69, 9.17) is 0 Å². The molecule has 200 valence electrons. The molecule has 2 N–H and O–H groups in total. The van der Waals surface area contributed by atoms with Crippen LogP contribution in [-0.2, 0) is 16.1 Å². The molecule has 1 aliphatic rings. The topological polar surface area (TPSA) is 85.0 Å². The largest absolute Gasteiger partial charge is 0.368 e. The fourth-order valence-corrected chi connectivity index (χ4v) is 4.16. The van der Waals surface area contributed by atoms with E-state index in [0.29, 0.717) is 25.2 Å². The van der Waals surface area contributed by atoms with Crippen LogP contribution >= 0.6 is 0 Å². The molecule has 1 heterocycles. The summed E-state index contributed by atoms with van der Waals surface area (Å²) in [4.78, 5) is 43.3. The van der Waals surface area contributed by atoms with Gasteiger partial charge in [-0.15, -0.1) is 0 Å². The molecule has 1 fully saturated rings. The molecule has 2 aromatic rings. The summed E-state index contributed by atoms with van der Waals surface area (Å²) in [6, 6.07) is 13.6. The lowest BCUT2D eigenvalue weighted by molar-refractivity contribution is -0.136. The number of nitrogens with zero attached hydrogens (tertiary/aromatic N) is 3. The Morgan fingerprint density at radius 3 is 2.11 bits per heavy atom. The van der Waals surface area contributed by atoms with Gasteiger partial charge in [0, 0.05) is 56.6 Å². The average molecular weight is 512 g/mol. The number of urea groups is 1. The molecule has 9 heteroatoms. The zero-order chi connectivity index (χ0) is 26.9. The Morgan fingerprint density at radius 2 is 1.54 bits per heavy atom. The number of piperazine rings is 1. The van der Waals surface area contributed by atoms with Crippen molar-refractivity contribution in [1.82, 2.24) is 15.1 Å². The first-order valence-electron chi connectivity index (χ1n) is 12.8. The third-order valence-corrected chi connectivity index (χ3v) is 6.05. The van der Waals surface area contributed by atoms with Crippen LogP contribution in [0.1, 0.15) is 39.7 Å². The van der Waals surface area contributed by atoms with E-state index in [0.717, 1.165) is 24.3 Å². The third-order valence-electron chi connectivity index (χ3n) is 6.05. The molecule has 1 aliphatic heterocycles. The molecule has 0 spiro atoms. The minimum atomic E-state index is -0.344. The number of benzene rings is 2. The van der Waals surface area contributed by atoms with Crippen molar-refractivity contribution < 1.29 is 18.8 Å². The maximum atomic E-state index is 13.3. The van der Waals surface area contributed by atoms with Crippen molar-refractivity contribution in [3.05, 3.63) is 59.9 Å². The second-order valence-electron chi connectivity index (χ2n) is 10.1. The van der Waals surface area contributed by atoms with Crippen LogP contribution in [0.25, 0.3) is 0 Å². The predicted molar refractivity (Wildman–Crippen MR) is 144 cm³/mol. The standard InChI is InChI=1S/C28H38FN5O3/c1-20(2)17-27(36)34(18-22-5-7-23(29)8-6-22)19-26(35)31-24-9-11-25(12-10-24)32-13-15-33(16-14-32)28(37)30-21(3)4/h5-12,20-21H,13-19H2,1-4H3,(H,30,37)(H,31,35). The molecule has 0 atom stereocenters. The first kappa shape index (κ1) is 28.0. The monoisotopic (exact) mass is 511 g/mol. The van der Waals surface area contributed by atoms with Crippen LogP contribution in [-0.4, -0.2) is 66.4 Å². The second kappa shape index (κ2) is 13.1. The maximum absolute atomic E-state index is 13.3. The van der Waals surface area contributed by atoms with Gasteiger partial charge in [0.05, 0.1) is 0 Å². The molecule has 0 aliphatic carbocycles. The smallest absolute Gasteiger partial charge is 0.317 e. The summed E-state index contributed by atoms with van der Waals surface area (Å²) in [7, 11) is 0. The summed E-state index contributed by atoms with van der Waals surface area (Å²) in [6.45, 7) is 10.7. The molecular formula is C28H38FN5O3. The number of carbonyl (C=O) groups excluding carboxylic acids is 3. The van der Waals surface area contributed by atoms with Crippen LogP contribution in [0.5, 0.6) is 0 Å². The van der Waals surface area contributed by atoms with Gasteiger partial charge in [-0.1, -0.05) is 26.0 Å². The quantitative estimate of drug-likeness (QED) is 0.531. The number of amides is 4. The highest BCUT2D eigenvalue weighted by molar-refractivity contribution is 5.94. The highest BCUT2D eigenvalue weighted by Crippen LogP contribution is 2.20. The minimum Gasteiger partial charge on any atom is -0.368 e. The molecule has 8 nitrogen and oxygen atoms in total. The Kier molecular flexibility index (Phi) is 9.88. The van der Waals surface area contributed by atoms with Crippen LogP contribution in [0, 0.1) is 11.7 Å². The van der Waals surface area contributed by atoms with E-state index in [9.17, 15) is 18.8 Å². The normalized spacial score (nSPS) is 13.6. The number of carbonyl (C=O) groups is 3. The highest BCUT2D eigenvalue weighted by atomic mass is 19.1. The van der Waals surface area contributed by atoms with Gasteiger partial charge in [0.25, 0.3) is 0 Å². The van der Waals surface area contributed by atoms with Gasteiger partial charge in [0.1, 0.15) is 12.4 Å². The van der Waals surface area contributed by atoms with Gasteiger partial charge in [0.2, 0.25) is 11.8 Å². The van der Waals surface area contributed by atoms with Gasteiger partial charge >= 0.3 is 6.03 Å². The molecule has 0 bridgehead atoms. The number of hydrogen-bond acceptors (Lipinski definition) is 4. The van der Waals surface area contributed by atoms with Crippen molar-refractivity contribution in [2.75, 3.05) is 42.9 Å². The maximum Gasteiger partial charge on any atom is 0.317 e. The highest BCUT2D eigenvalue weighted by Gasteiger charge is 2.22. The van der Waals surface area contributed by atoms with E-state index in [1.165, 1.54) is 17.0 Å². The third kappa shape index (κ3) is 8.77. The summed E-state index contributed by atoms with van der Waals surface area (Å²) in [6.07, 6.45) is 0.329. The van der Waals surface area contributed by atoms with Crippen LogP contribution in [0.4, 0.5) is 20.6 Å². The Balaban J connectivity index is 1.55.